The average Bonchev–Trinajstić information content (AvgIpc) is 2.94. The largest absolute Gasteiger partial charge is 0.325 e. The van der Waals surface area contributed by atoms with Gasteiger partial charge in [0, 0.05) is 5.41 Å². The third-order valence-electron chi connectivity index (χ3n) is 3.57. The van der Waals surface area contributed by atoms with Crippen molar-refractivity contribution in [1.82, 2.24) is 10.6 Å². The highest BCUT2D eigenvalue weighted by molar-refractivity contribution is 6.04. The van der Waals surface area contributed by atoms with E-state index in [1.54, 1.807) is 0 Å². The number of amides is 3. The molecule has 70 valence electrons. The molecule has 1 saturated heterocycles. The van der Waals surface area contributed by atoms with Gasteiger partial charge in [0.25, 0.3) is 5.91 Å². The van der Waals surface area contributed by atoms with E-state index in [1.807, 2.05) is 0 Å². The van der Waals surface area contributed by atoms with Gasteiger partial charge in [0.05, 0.1) is 0 Å². The third kappa shape index (κ3) is 0.913. The van der Waals surface area contributed by atoms with Gasteiger partial charge in [-0.3, -0.25) is 10.1 Å². The first-order chi connectivity index (χ1) is 6.22. The van der Waals surface area contributed by atoms with E-state index in [4.69, 9.17) is 0 Å². The maximum atomic E-state index is 11.4. The standard InChI is InChI=1S/C9H12N2O2/c12-7-6(10-8(13)11-7)9(3-4-9)5-1-2-5/h5-6H,1-4H2,(H2,10,11,12,13). The van der Waals surface area contributed by atoms with Gasteiger partial charge in [-0.05, 0) is 31.6 Å². The van der Waals surface area contributed by atoms with Crippen molar-refractivity contribution in [3.05, 3.63) is 0 Å². The second-order valence-electron chi connectivity index (χ2n) is 4.40. The SMILES string of the molecule is O=C1NC(=O)C(C2(C3CC3)CC2)N1. The van der Waals surface area contributed by atoms with Gasteiger partial charge in [-0.25, -0.2) is 4.79 Å². The molecular weight excluding hydrogens is 168 g/mol. The molecule has 0 bridgehead atoms. The molecule has 0 aromatic heterocycles. The maximum Gasteiger partial charge on any atom is 0.322 e. The lowest BCUT2D eigenvalue weighted by molar-refractivity contribution is -0.121. The zero-order chi connectivity index (χ0) is 9.05. The molecule has 0 spiro atoms. The molecule has 4 nitrogen and oxygen atoms in total. The van der Waals surface area contributed by atoms with Crippen LogP contribution in [0.5, 0.6) is 0 Å². The average molecular weight is 180 g/mol. The Morgan fingerprint density at radius 1 is 1.23 bits per heavy atom. The summed E-state index contributed by atoms with van der Waals surface area (Å²) in [5, 5.41) is 5.03. The highest BCUT2D eigenvalue weighted by atomic mass is 16.2. The highest BCUT2D eigenvalue weighted by Gasteiger charge is 2.62. The fourth-order valence-electron chi connectivity index (χ4n) is 2.56. The van der Waals surface area contributed by atoms with Crippen LogP contribution in [-0.2, 0) is 4.79 Å². The van der Waals surface area contributed by atoms with Crippen LogP contribution >= 0.6 is 0 Å². The molecule has 2 saturated carbocycles. The molecule has 2 aliphatic carbocycles. The van der Waals surface area contributed by atoms with Gasteiger partial charge < -0.3 is 5.32 Å². The van der Waals surface area contributed by atoms with Crippen molar-refractivity contribution in [2.24, 2.45) is 11.3 Å². The summed E-state index contributed by atoms with van der Waals surface area (Å²) in [7, 11) is 0. The Hall–Kier alpha value is -1.06. The molecule has 13 heavy (non-hydrogen) atoms. The predicted molar refractivity (Wildman–Crippen MR) is 44.9 cm³/mol. The van der Waals surface area contributed by atoms with E-state index < -0.39 is 0 Å². The number of imide groups is 1. The molecule has 0 aromatic rings. The summed E-state index contributed by atoms with van der Waals surface area (Å²) >= 11 is 0. The molecule has 3 fully saturated rings. The summed E-state index contributed by atoms with van der Waals surface area (Å²) in [6.07, 6.45) is 4.69. The minimum Gasteiger partial charge on any atom is -0.325 e. The molecule has 0 aromatic carbocycles. The van der Waals surface area contributed by atoms with Crippen LogP contribution in [0.15, 0.2) is 0 Å². The Kier molecular flexibility index (Phi) is 1.16. The maximum absolute atomic E-state index is 11.4. The number of carbonyl (C=O) groups excluding carboxylic acids is 2. The summed E-state index contributed by atoms with van der Waals surface area (Å²) in [4.78, 5) is 22.3. The van der Waals surface area contributed by atoms with Crippen molar-refractivity contribution < 1.29 is 9.59 Å². The lowest BCUT2D eigenvalue weighted by Gasteiger charge is -2.19. The Balaban J connectivity index is 1.84. The van der Waals surface area contributed by atoms with E-state index in [1.165, 1.54) is 12.8 Å². The Labute approximate surface area is 76.1 Å². The second kappa shape index (κ2) is 2.05. The van der Waals surface area contributed by atoms with Gasteiger partial charge in [0.2, 0.25) is 0 Å². The molecule has 3 amide bonds. The summed E-state index contributed by atoms with van der Waals surface area (Å²) < 4.78 is 0. The van der Waals surface area contributed by atoms with E-state index in [0.29, 0.717) is 5.92 Å². The molecule has 3 rings (SSSR count). The van der Waals surface area contributed by atoms with Crippen molar-refractivity contribution in [1.29, 1.82) is 0 Å². The number of hydrogen-bond acceptors (Lipinski definition) is 2. The quantitative estimate of drug-likeness (QED) is 0.604. The van der Waals surface area contributed by atoms with Crippen LogP contribution in [0.2, 0.25) is 0 Å². The van der Waals surface area contributed by atoms with Crippen LogP contribution in [0.25, 0.3) is 0 Å². The van der Waals surface area contributed by atoms with E-state index >= 15 is 0 Å². The van der Waals surface area contributed by atoms with Crippen molar-refractivity contribution in [3.63, 3.8) is 0 Å². The van der Waals surface area contributed by atoms with Crippen LogP contribution in [0.3, 0.4) is 0 Å². The molecule has 1 heterocycles. The van der Waals surface area contributed by atoms with Crippen molar-refractivity contribution in [2.75, 3.05) is 0 Å². The molecule has 2 N–H and O–H groups in total. The number of carbonyl (C=O) groups is 2. The number of urea groups is 1. The smallest absolute Gasteiger partial charge is 0.322 e. The summed E-state index contributed by atoms with van der Waals surface area (Å²) in [6.45, 7) is 0. The predicted octanol–water partition coefficient (Wildman–Crippen LogP) is 0.385. The van der Waals surface area contributed by atoms with Crippen molar-refractivity contribution in [2.45, 2.75) is 31.7 Å². The van der Waals surface area contributed by atoms with Gasteiger partial charge in [0.1, 0.15) is 6.04 Å². The first-order valence-corrected chi connectivity index (χ1v) is 4.84. The van der Waals surface area contributed by atoms with Crippen LogP contribution in [0, 0.1) is 11.3 Å². The van der Waals surface area contributed by atoms with Crippen LogP contribution < -0.4 is 10.6 Å². The van der Waals surface area contributed by atoms with Gasteiger partial charge in [-0.15, -0.1) is 0 Å². The summed E-state index contributed by atoms with van der Waals surface area (Å²) in [5.41, 5.74) is 0.149. The zero-order valence-corrected chi connectivity index (χ0v) is 7.30. The Bertz CT molecular complexity index is 292. The van der Waals surface area contributed by atoms with Gasteiger partial charge in [-0.1, -0.05) is 0 Å². The van der Waals surface area contributed by atoms with E-state index in [9.17, 15) is 9.59 Å². The lowest BCUT2D eigenvalue weighted by atomic mass is 9.91. The topological polar surface area (TPSA) is 58.2 Å². The molecule has 1 atom stereocenters. The van der Waals surface area contributed by atoms with E-state index in [0.717, 1.165) is 12.8 Å². The van der Waals surface area contributed by atoms with Crippen LogP contribution in [0.1, 0.15) is 25.7 Å². The van der Waals surface area contributed by atoms with Crippen LogP contribution in [-0.4, -0.2) is 18.0 Å². The van der Waals surface area contributed by atoms with Gasteiger partial charge in [-0.2, -0.15) is 0 Å². The van der Waals surface area contributed by atoms with Crippen LogP contribution in [0.4, 0.5) is 4.79 Å². The first kappa shape index (κ1) is 7.35. The lowest BCUT2D eigenvalue weighted by Crippen LogP contribution is -2.39. The third-order valence-corrected chi connectivity index (χ3v) is 3.57. The minimum atomic E-state index is -0.318. The summed E-state index contributed by atoms with van der Waals surface area (Å²) in [6, 6.07) is -0.547. The summed E-state index contributed by atoms with van der Waals surface area (Å²) in [5.74, 6) is 0.580. The van der Waals surface area contributed by atoms with Crippen molar-refractivity contribution in [3.8, 4) is 0 Å². The second-order valence-corrected chi connectivity index (χ2v) is 4.40. The molecule has 1 unspecified atom stereocenters. The molecule has 1 aliphatic heterocycles. The number of hydrogen-bond donors (Lipinski definition) is 2. The molecular formula is C9H12N2O2. The minimum absolute atomic E-state index is 0.116. The normalized spacial score (nSPS) is 35.5. The highest BCUT2D eigenvalue weighted by Crippen LogP contribution is 2.63. The van der Waals surface area contributed by atoms with Gasteiger partial charge in [0.15, 0.2) is 0 Å². The monoisotopic (exact) mass is 180 g/mol. The Morgan fingerprint density at radius 2 is 1.92 bits per heavy atom. The van der Waals surface area contributed by atoms with Crippen molar-refractivity contribution >= 4 is 11.9 Å². The number of rotatable bonds is 2. The van der Waals surface area contributed by atoms with E-state index in [-0.39, 0.29) is 23.4 Å². The molecule has 3 aliphatic rings. The number of nitrogens with one attached hydrogen (secondary N) is 2. The molecule has 4 heteroatoms. The van der Waals surface area contributed by atoms with E-state index in [2.05, 4.69) is 10.6 Å². The fraction of sp³-hybridized carbons (Fsp3) is 0.778. The first-order valence-electron chi connectivity index (χ1n) is 4.84. The Morgan fingerprint density at radius 3 is 2.31 bits per heavy atom. The zero-order valence-electron chi connectivity index (χ0n) is 7.30. The molecule has 0 radical (unpaired) electrons. The van der Waals surface area contributed by atoms with Gasteiger partial charge >= 0.3 is 6.03 Å². The fourth-order valence-corrected chi connectivity index (χ4v) is 2.56.